The highest BCUT2D eigenvalue weighted by molar-refractivity contribution is 8.00. The first kappa shape index (κ1) is 14.4. The summed E-state index contributed by atoms with van der Waals surface area (Å²) < 4.78 is 5.62. The van der Waals surface area contributed by atoms with E-state index in [-0.39, 0.29) is 0 Å². The van der Waals surface area contributed by atoms with Crippen LogP contribution in [0.1, 0.15) is 32.1 Å². The van der Waals surface area contributed by atoms with Crippen LogP contribution in [0.25, 0.3) is 0 Å². The number of nitrogens with two attached hydrogens (primary N) is 1. The predicted octanol–water partition coefficient (Wildman–Crippen LogP) is 3.76. The molecule has 4 heteroatoms. The summed E-state index contributed by atoms with van der Waals surface area (Å²) in [4.78, 5) is 0. The molecule has 0 heterocycles. The molecule has 1 aromatic carbocycles. The summed E-state index contributed by atoms with van der Waals surface area (Å²) in [5.41, 5.74) is 7.79. The van der Waals surface area contributed by atoms with Crippen LogP contribution in [0.15, 0.2) is 18.2 Å². The van der Waals surface area contributed by atoms with E-state index >= 15 is 0 Å². The second kappa shape index (κ2) is 6.42. The Morgan fingerprint density at radius 2 is 2.05 bits per heavy atom. The molecule has 0 bridgehead atoms. The zero-order valence-electron chi connectivity index (χ0n) is 11.9. The number of hydrogen-bond acceptors (Lipinski definition) is 4. The average molecular weight is 280 g/mol. The molecular formula is C15H24N2OS. The van der Waals surface area contributed by atoms with Crippen molar-refractivity contribution in [2.45, 2.75) is 36.9 Å². The summed E-state index contributed by atoms with van der Waals surface area (Å²) in [5, 5.41) is 3.52. The number of nitrogen functional groups attached to an aromatic ring is 1. The fourth-order valence-corrected chi connectivity index (χ4v) is 3.63. The third kappa shape index (κ3) is 3.50. The second-order valence-corrected chi connectivity index (χ2v) is 6.53. The van der Waals surface area contributed by atoms with Gasteiger partial charge < -0.3 is 15.8 Å². The van der Waals surface area contributed by atoms with Gasteiger partial charge in [-0.3, -0.25) is 0 Å². The molecule has 0 amide bonds. The van der Waals surface area contributed by atoms with Crippen molar-refractivity contribution >= 4 is 23.1 Å². The van der Waals surface area contributed by atoms with Gasteiger partial charge in [0.15, 0.2) is 0 Å². The summed E-state index contributed by atoms with van der Waals surface area (Å²) in [5.74, 6) is 0.846. The van der Waals surface area contributed by atoms with Crippen molar-refractivity contribution < 1.29 is 4.74 Å². The van der Waals surface area contributed by atoms with Crippen molar-refractivity contribution in [3.63, 3.8) is 0 Å². The van der Waals surface area contributed by atoms with Gasteiger partial charge in [0.05, 0.1) is 18.5 Å². The third-order valence-corrected chi connectivity index (χ3v) is 5.48. The lowest BCUT2D eigenvalue weighted by Crippen LogP contribution is -2.35. The average Bonchev–Trinajstić information content (AvgIpc) is 2.47. The minimum absolute atomic E-state index is 0.369. The number of benzene rings is 1. The van der Waals surface area contributed by atoms with Crippen LogP contribution in [0.2, 0.25) is 0 Å². The first-order chi connectivity index (χ1) is 9.19. The molecule has 19 heavy (non-hydrogen) atoms. The molecule has 0 aromatic heterocycles. The predicted molar refractivity (Wildman–Crippen MR) is 85.2 cm³/mol. The van der Waals surface area contributed by atoms with Gasteiger partial charge in [0, 0.05) is 17.4 Å². The molecule has 3 nitrogen and oxygen atoms in total. The van der Waals surface area contributed by atoms with E-state index in [1.807, 2.05) is 30.0 Å². The van der Waals surface area contributed by atoms with Crippen molar-refractivity contribution in [3.8, 4) is 5.75 Å². The van der Waals surface area contributed by atoms with E-state index in [0.717, 1.165) is 23.7 Å². The SMILES string of the molecule is COc1ccc(N)c(NCC2(SC)CCCCC2)c1. The Morgan fingerprint density at radius 1 is 1.32 bits per heavy atom. The van der Waals surface area contributed by atoms with Crippen molar-refractivity contribution in [1.29, 1.82) is 0 Å². The van der Waals surface area contributed by atoms with Crippen LogP contribution in [0, 0.1) is 0 Å². The Kier molecular flexibility index (Phi) is 4.86. The maximum Gasteiger partial charge on any atom is 0.121 e. The van der Waals surface area contributed by atoms with E-state index in [2.05, 4.69) is 11.6 Å². The Bertz CT molecular complexity index is 417. The molecule has 1 saturated carbocycles. The van der Waals surface area contributed by atoms with Crippen LogP contribution in [0.4, 0.5) is 11.4 Å². The van der Waals surface area contributed by atoms with Crippen molar-refractivity contribution in [2.75, 3.05) is 31.0 Å². The highest BCUT2D eigenvalue weighted by atomic mass is 32.2. The second-order valence-electron chi connectivity index (χ2n) is 5.25. The van der Waals surface area contributed by atoms with Gasteiger partial charge in [0.1, 0.15) is 5.75 Å². The number of thioether (sulfide) groups is 1. The standard InChI is InChI=1S/C15H24N2OS/c1-18-12-6-7-13(16)14(10-12)17-11-15(19-2)8-4-3-5-9-15/h6-7,10,17H,3-5,8-9,11,16H2,1-2H3. The maximum absolute atomic E-state index is 6.02. The maximum atomic E-state index is 6.02. The molecule has 0 saturated heterocycles. The molecule has 0 atom stereocenters. The Labute approximate surface area is 120 Å². The summed E-state index contributed by atoms with van der Waals surface area (Å²) in [7, 11) is 1.68. The summed E-state index contributed by atoms with van der Waals surface area (Å²) >= 11 is 1.99. The molecule has 1 aliphatic carbocycles. The third-order valence-electron chi connectivity index (χ3n) is 4.06. The van der Waals surface area contributed by atoms with Crippen LogP contribution in [0.5, 0.6) is 5.75 Å². The lowest BCUT2D eigenvalue weighted by Gasteiger charge is -2.36. The van der Waals surface area contributed by atoms with Crippen LogP contribution in [-0.2, 0) is 0 Å². The molecule has 2 rings (SSSR count). The highest BCUT2D eigenvalue weighted by Gasteiger charge is 2.30. The lowest BCUT2D eigenvalue weighted by atomic mass is 9.88. The van der Waals surface area contributed by atoms with Gasteiger partial charge in [-0.05, 0) is 31.2 Å². The Morgan fingerprint density at radius 3 is 2.68 bits per heavy atom. The highest BCUT2D eigenvalue weighted by Crippen LogP contribution is 2.39. The van der Waals surface area contributed by atoms with Crippen LogP contribution < -0.4 is 15.8 Å². The van der Waals surface area contributed by atoms with E-state index in [9.17, 15) is 0 Å². The number of rotatable bonds is 5. The van der Waals surface area contributed by atoms with Crippen molar-refractivity contribution in [3.05, 3.63) is 18.2 Å². The zero-order chi connectivity index (χ0) is 13.7. The van der Waals surface area contributed by atoms with Crippen molar-refractivity contribution in [1.82, 2.24) is 0 Å². The van der Waals surface area contributed by atoms with E-state index in [4.69, 9.17) is 10.5 Å². The molecule has 106 valence electrons. The van der Waals surface area contributed by atoms with Crippen LogP contribution >= 0.6 is 11.8 Å². The Balaban J connectivity index is 2.04. The lowest BCUT2D eigenvalue weighted by molar-refractivity contribution is 0.410. The molecule has 1 aliphatic rings. The van der Waals surface area contributed by atoms with Gasteiger partial charge in [0.25, 0.3) is 0 Å². The van der Waals surface area contributed by atoms with Crippen molar-refractivity contribution in [2.24, 2.45) is 0 Å². The first-order valence-corrected chi connectivity index (χ1v) is 8.14. The molecule has 0 spiro atoms. The molecule has 1 aromatic rings. The van der Waals surface area contributed by atoms with E-state index in [1.165, 1.54) is 32.1 Å². The number of methoxy groups -OCH3 is 1. The largest absolute Gasteiger partial charge is 0.497 e. The number of nitrogens with one attached hydrogen (secondary N) is 1. The van der Waals surface area contributed by atoms with Gasteiger partial charge in [0.2, 0.25) is 0 Å². The fourth-order valence-electron chi connectivity index (χ4n) is 2.72. The molecule has 0 radical (unpaired) electrons. The summed E-state index contributed by atoms with van der Waals surface area (Å²) in [6.07, 6.45) is 8.88. The van der Waals surface area contributed by atoms with Gasteiger partial charge in [-0.1, -0.05) is 19.3 Å². The normalized spacial score (nSPS) is 18.0. The van der Waals surface area contributed by atoms with Gasteiger partial charge in [-0.2, -0.15) is 11.8 Å². The van der Waals surface area contributed by atoms with Crippen LogP contribution in [0.3, 0.4) is 0 Å². The molecule has 1 fully saturated rings. The minimum Gasteiger partial charge on any atom is -0.497 e. The van der Waals surface area contributed by atoms with Gasteiger partial charge in [-0.15, -0.1) is 0 Å². The van der Waals surface area contributed by atoms with Crippen LogP contribution in [-0.4, -0.2) is 24.7 Å². The quantitative estimate of drug-likeness (QED) is 0.806. The van der Waals surface area contributed by atoms with Gasteiger partial charge >= 0.3 is 0 Å². The molecular weight excluding hydrogens is 256 g/mol. The Hall–Kier alpha value is -1.03. The fraction of sp³-hybridized carbons (Fsp3) is 0.600. The first-order valence-electron chi connectivity index (χ1n) is 6.92. The zero-order valence-corrected chi connectivity index (χ0v) is 12.7. The number of ether oxygens (including phenoxy) is 1. The monoisotopic (exact) mass is 280 g/mol. The smallest absolute Gasteiger partial charge is 0.121 e. The molecule has 0 aliphatic heterocycles. The van der Waals surface area contributed by atoms with E-state index < -0.39 is 0 Å². The summed E-state index contributed by atoms with van der Waals surface area (Å²) in [6.45, 7) is 0.978. The topological polar surface area (TPSA) is 47.3 Å². The number of anilines is 2. The molecule has 3 N–H and O–H groups in total. The molecule has 0 unspecified atom stereocenters. The van der Waals surface area contributed by atoms with Gasteiger partial charge in [-0.25, -0.2) is 0 Å². The van der Waals surface area contributed by atoms with E-state index in [0.29, 0.717) is 4.75 Å². The number of hydrogen-bond donors (Lipinski definition) is 2. The minimum atomic E-state index is 0.369. The van der Waals surface area contributed by atoms with E-state index in [1.54, 1.807) is 7.11 Å². The summed E-state index contributed by atoms with van der Waals surface area (Å²) in [6, 6.07) is 5.77.